The third-order valence-corrected chi connectivity index (χ3v) is 3.96. The van der Waals surface area contributed by atoms with Gasteiger partial charge in [-0.25, -0.2) is 4.39 Å². The maximum atomic E-state index is 13.3. The summed E-state index contributed by atoms with van der Waals surface area (Å²) in [7, 11) is 0. The van der Waals surface area contributed by atoms with E-state index in [1.165, 1.54) is 48.4 Å². The van der Waals surface area contributed by atoms with Crippen molar-refractivity contribution < 1.29 is 14.0 Å². The van der Waals surface area contributed by atoms with Gasteiger partial charge in [0, 0.05) is 19.2 Å². The predicted octanol–water partition coefficient (Wildman–Crippen LogP) is 3.19. The molecule has 0 unspecified atom stereocenters. The molecule has 2 amide bonds. The van der Waals surface area contributed by atoms with E-state index in [1.807, 2.05) is 0 Å². The summed E-state index contributed by atoms with van der Waals surface area (Å²) in [6.45, 7) is 1.84. The molecule has 1 aliphatic carbocycles. The van der Waals surface area contributed by atoms with Gasteiger partial charge in [-0.2, -0.15) is 0 Å². The van der Waals surface area contributed by atoms with Crippen LogP contribution >= 0.6 is 0 Å². The highest BCUT2D eigenvalue weighted by Crippen LogP contribution is 2.19. The molecule has 0 radical (unpaired) electrons. The highest BCUT2D eigenvalue weighted by molar-refractivity contribution is 5.97. The monoisotopic (exact) mass is 318 g/mol. The summed E-state index contributed by atoms with van der Waals surface area (Å²) < 4.78 is 13.3. The van der Waals surface area contributed by atoms with Crippen molar-refractivity contribution in [3.63, 3.8) is 0 Å². The van der Waals surface area contributed by atoms with Crippen molar-refractivity contribution in [3.8, 4) is 0 Å². The number of nitrogens with zero attached hydrogens (tertiary/aromatic N) is 1. The quantitative estimate of drug-likeness (QED) is 0.819. The summed E-state index contributed by atoms with van der Waals surface area (Å²) in [6, 6.07) is 5.69. The third kappa shape index (κ3) is 5.51. The van der Waals surface area contributed by atoms with Gasteiger partial charge in [0.1, 0.15) is 12.4 Å². The molecule has 0 aliphatic heterocycles. The topological polar surface area (TPSA) is 49.4 Å². The summed E-state index contributed by atoms with van der Waals surface area (Å²) in [5.74, 6) is -0.958. The van der Waals surface area contributed by atoms with Crippen molar-refractivity contribution >= 4 is 17.5 Å². The van der Waals surface area contributed by atoms with Crippen LogP contribution in [-0.4, -0.2) is 24.9 Å². The van der Waals surface area contributed by atoms with E-state index in [4.69, 9.17) is 0 Å². The van der Waals surface area contributed by atoms with E-state index in [0.29, 0.717) is 12.2 Å². The van der Waals surface area contributed by atoms with Gasteiger partial charge in [-0.15, -0.1) is 0 Å². The molecule has 0 aromatic heterocycles. The summed E-state index contributed by atoms with van der Waals surface area (Å²) in [6.07, 6.45) is 7.81. The summed E-state index contributed by atoms with van der Waals surface area (Å²) in [5, 5.41) is 2.83. The van der Waals surface area contributed by atoms with Gasteiger partial charge in [-0.05, 0) is 50.3 Å². The van der Waals surface area contributed by atoms with Crippen LogP contribution in [0.3, 0.4) is 0 Å². The summed E-state index contributed by atoms with van der Waals surface area (Å²) in [4.78, 5) is 25.0. The SMILES string of the molecule is CC(=O)N(CC(=O)NCCC1=CCCCC1)c1cccc(F)c1. The summed E-state index contributed by atoms with van der Waals surface area (Å²) >= 11 is 0. The van der Waals surface area contributed by atoms with E-state index >= 15 is 0 Å². The van der Waals surface area contributed by atoms with Gasteiger partial charge in [0.05, 0.1) is 0 Å². The van der Waals surface area contributed by atoms with Crippen LogP contribution in [0.4, 0.5) is 10.1 Å². The van der Waals surface area contributed by atoms with Crippen LogP contribution in [0.5, 0.6) is 0 Å². The molecule has 1 N–H and O–H groups in total. The third-order valence-electron chi connectivity index (χ3n) is 3.96. The Balaban J connectivity index is 1.86. The fourth-order valence-electron chi connectivity index (χ4n) is 2.72. The van der Waals surface area contributed by atoms with Crippen LogP contribution < -0.4 is 10.2 Å². The molecule has 124 valence electrons. The first-order chi connectivity index (χ1) is 11.1. The first-order valence-electron chi connectivity index (χ1n) is 8.04. The van der Waals surface area contributed by atoms with Gasteiger partial charge in [0.2, 0.25) is 11.8 Å². The molecular formula is C18H23FN2O2. The number of benzene rings is 1. The fourth-order valence-corrected chi connectivity index (χ4v) is 2.72. The van der Waals surface area contributed by atoms with E-state index in [1.54, 1.807) is 6.07 Å². The van der Waals surface area contributed by atoms with E-state index in [0.717, 1.165) is 19.3 Å². The molecule has 1 aromatic carbocycles. The Bertz CT molecular complexity index is 598. The zero-order chi connectivity index (χ0) is 16.7. The fraction of sp³-hybridized carbons (Fsp3) is 0.444. The van der Waals surface area contributed by atoms with Gasteiger partial charge in [-0.1, -0.05) is 17.7 Å². The Morgan fingerprint density at radius 1 is 1.30 bits per heavy atom. The minimum atomic E-state index is -0.432. The first kappa shape index (κ1) is 17.2. The molecule has 5 heteroatoms. The standard InChI is InChI=1S/C18H23FN2O2/c1-14(22)21(17-9-5-8-16(19)12-17)13-18(23)20-11-10-15-6-3-2-4-7-15/h5-6,8-9,12H,2-4,7,10-11,13H2,1H3,(H,20,23). The lowest BCUT2D eigenvalue weighted by molar-refractivity contribution is -0.123. The van der Waals surface area contributed by atoms with Crippen molar-refractivity contribution in [2.45, 2.75) is 39.0 Å². The molecule has 0 spiro atoms. The summed E-state index contributed by atoms with van der Waals surface area (Å²) in [5.41, 5.74) is 1.78. The normalized spacial score (nSPS) is 14.1. The van der Waals surface area contributed by atoms with E-state index in [2.05, 4.69) is 11.4 Å². The molecule has 2 rings (SSSR count). The van der Waals surface area contributed by atoms with Crippen LogP contribution in [0.2, 0.25) is 0 Å². The maximum Gasteiger partial charge on any atom is 0.240 e. The molecule has 1 aromatic rings. The highest BCUT2D eigenvalue weighted by atomic mass is 19.1. The zero-order valence-electron chi connectivity index (χ0n) is 13.5. The van der Waals surface area contributed by atoms with Gasteiger partial charge < -0.3 is 10.2 Å². The second-order valence-electron chi connectivity index (χ2n) is 5.79. The number of rotatable bonds is 6. The minimum absolute atomic E-state index is 0.0994. The molecule has 0 bridgehead atoms. The second kappa shape index (κ2) is 8.46. The van der Waals surface area contributed by atoms with Gasteiger partial charge in [-0.3, -0.25) is 9.59 Å². The molecule has 23 heavy (non-hydrogen) atoms. The number of nitrogens with one attached hydrogen (secondary N) is 1. The second-order valence-corrected chi connectivity index (χ2v) is 5.79. The lowest BCUT2D eigenvalue weighted by Crippen LogP contribution is -2.40. The van der Waals surface area contributed by atoms with E-state index in [9.17, 15) is 14.0 Å². The molecule has 0 saturated heterocycles. The van der Waals surface area contributed by atoms with Crippen LogP contribution in [0, 0.1) is 5.82 Å². The maximum absolute atomic E-state index is 13.3. The largest absolute Gasteiger partial charge is 0.354 e. The van der Waals surface area contributed by atoms with Crippen LogP contribution in [0.1, 0.15) is 39.0 Å². The van der Waals surface area contributed by atoms with Gasteiger partial charge in [0.25, 0.3) is 0 Å². The molecule has 0 saturated carbocycles. The molecule has 1 aliphatic rings. The Hall–Kier alpha value is -2.17. The van der Waals surface area contributed by atoms with Gasteiger partial charge in [0.15, 0.2) is 0 Å². The van der Waals surface area contributed by atoms with Gasteiger partial charge >= 0.3 is 0 Å². The zero-order valence-corrected chi connectivity index (χ0v) is 13.5. The van der Waals surface area contributed by atoms with Crippen molar-refractivity contribution in [1.82, 2.24) is 5.32 Å². The lowest BCUT2D eigenvalue weighted by Gasteiger charge is -2.21. The molecular weight excluding hydrogens is 295 g/mol. The van der Waals surface area contributed by atoms with Crippen LogP contribution in [0.15, 0.2) is 35.9 Å². The van der Waals surface area contributed by atoms with Crippen molar-refractivity contribution in [2.24, 2.45) is 0 Å². The average Bonchev–Trinajstić information content (AvgIpc) is 2.53. The Morgan fingerprint density at radius 3 is 2.78 bits per heavy atom. The van der Waals surface area contributed by atoms with Crippen LogP contribution in [0.25, 0.3) is 0 Å². The average molecular weight is 318 g/mol. The number of allylic oxidation sites excluding steroid dienone is 1. The number of carbonyl (C=O) groups excluding carboxylic acids is 2. The first-order valence-corrected chi connectivity index (χ1v) is 8.04. The molecule has 0 heterocycles. The molecule has 0 atom stereocenters. The Labute approximate surface area is 136 Å². The number of carbonyl (C=O) groups is 2. The number of anilines is 1. The minimum Gasteiger partial charge on any atom is -0.354 e. The van der Waals surface area contributed by atoms with E-state index < -0.39 is 5.82 Å². The molecule has 4 nitrogen and oxygen atoms in total. The Morgan fingerprint density at radius 2 is 2.13 bits per heavy atom. The van der Waals surface area contributed by atoms with Crippen molar-refractivity contribution in [3.05, 3.63) is 41.7 Å². The van der Waals surface area contributed by atoms with E-state index in [-0.39, 0.29) is 18.4 Å². The van der Waals surface area contributed by atoms with Crippen LogP contribution in [-0.2, 0) is 9.59 Å². The predicted molar refractivity (Wildman–Crippen MR) is 88.6 cm³/mol. The van der Waals surface area contributed by atoms with Crippen molar-refractivity contribution in [2.75, 3.05) is 18.0 Å². The number of hydrogen-bond donors (Lipinski definition) is 1. The number of hydrogen-bond acceptors (Lipinski definition) is 2. The van der Waals surface area contributed by atoms with Crippen molar-refractivity contribution in [1.29, 1.82) is 0 Å². The Kier molecular flexibility index (Phi) is 6.32. The highest BCUT2D eigenvalue weighted by Gasteiger charge is 2.16. The smallest absolute Gasteiger partial charge is 0.240 e. The number of halogens is 1. The lowest BCUT2D eigenvalue weighted by atomic mass is 9.97. The molecule has 0 fully saturated rings. The number of amides is 2.